The first kappa shape index (κ1) is 31.5. The van der Waals surface area contributed by atoms with Gasteiger partial charge >= 0.3 is 7.28 Å². The number of rotatable bonds is 4. The zero-order valence-corrected chi connectivity index (χ0v) is 16.0. The molecule has 0 aliphatic carbocycles. The van der Waals surface area contributed by atoms with Crippen LogP contribution < -0.4 is 0 Å². The quantitative estimate of drug-likeness (QED) is 0.300. The van der Waals surface area contributed by atoms with E-state index in [1.807, 2.05) is 0 Å². The first-order valence-corrected chi connectivity index (χ1v) is 3.94. The summed E-state index contributed by atoms with van der Waals surface area (Å²) in [6, 6.07) is 0. The smallest absolute Gasteiger partial charge is 0.347 e. The summed E-state index contributed by atoms with van der Waals surface area (Å²) in [5.74, 6) is -0.815. The molecule has 0 spiro atoms. The number of aliphatic hydroxyl groups excluding tert-OH is 3. The Kier molecular flexibility index (Phi) is 54.2. The van der Waals surface area contributed by atoms with Gasteiger partial charge in [0.15, 0.2) is 6.79 Å². The SMILES string of the molecule is CC(=O)[B]C(=O)OCO.COCO.OCO.[Y].[Y]. The van der Waals surface area contributed by atoms with Gasteiger partial charge in [0.2, 0.25) is 0 Å². The molecule has 11 heteroatoms. The minimum Gasteiger partial charge on any atom is -0.447 e. The van der Waals surface area contributed by atoms with Crippen LogP contribution in [0.5, 0.6) is 0 Å². The fourth-order valence-electron chi connectivity index (χ4n) is 0.271. The Morgan fingerprint density at radius 1 is 1.06 bits per heavy atom. The van der Waals surface area contributed by atoms with Crippen molar-refractivity contribution in [1.82, 2.24) is 0 Å². The van der Waals surface area contributed by atoms with Crippen molar-refractivity contribution in [3.05, 3.63) is 0 Å². The van der Waals surface area contributed by atoms with Crippen molar-refractivity contribution in [3.8, 4) is 0 Å². The average Bonchev–Trinajstić information content (AvgIpc) is 2.18. The number of hydrogen-bond acceptors (Lipinski definition) is 8. The first-order valence-electron chi connectivity index (χ1n) is 3.94. The molecule has 0 rings (SSSR count). The van der Waals surface area contributed by atoms with Crippen molar-refractivity contribution in [3.63, 3.8) is 0 Å². The van der Waals surface area contributed by atoms with E-state index in [0.717, 1.165) is 7.28 Å². The van der Waals surface area contributed by atoms with Gasteiger partial charge in [-0.25, -0.2) is 0 Å². The molecule has 0 aromatic carbocycles. The van der Waals surface area contributed by atoms with E-state index in [1.54, 1.807) is 0 Å². The molecule has 3 radical (unpaired) electrons. The van der Waals surface area contributed by atoms with E-state index in [1.165, 1.54) is 14.0 Å². The fraction of sp³-hybridized carbons (Fsp3) is 0.714. The Morgan fingerprint density at radius 2 is 1.39 bits per heavy atom. The van der Waals surface area contributed by atoms with E-state index in [4.69, 9.17) is 20.4 Å². The molecule has 0 aliphatic rings. The molecule has 0 fully saturated rings. The van der Waals surface area contributed by atoms with E-state index in [0.29, 0.717) is 0 Å². The third-order valence-electron chi connectivity index (χ3n) is 0.657. The molecule has 0 aliphatic heterocycles. The van der Waals surface area contributed by atoms with Crippen molar-refractivity contribution < 1.29 is 105 Å². The van der Waals surface area contributed by atoms with E-state index in [2.05, 4.69) is 9.47 Å². The summed E-state index contributed by atoms with van der Waals surface area (Å²) in [5.41, 5.74) is -0.395. The largest absolute Gasteiger partial charge is 0.447 e. The van der Waals surface area contributed by atoms with E-state index in [-0.39, 0.29) is 72.2 Å². The second-order valence-electron chi connectivity index (χ2n) is 1.91. The summed E-state index contributed by atoms with van der Waals surface area (Å²) in [4.78, 5) is 20.3. The zero-order chi connectivity index (χ0) is 13.4. The summed E-state index contributed by atoms with van der Waals surface area (Å²) in [7, 11) is 2.19. The standard InChI is InChI=1S/C4H6BO4.C2H6O2.CH4O2.2Y/c1-3(7)5-4(8)9-2-6;1-4-2-3;2-1-3;;/h6H,2H2,1H3;3H,2H2,1H3;2-3H,1H2;;. The molecule has 8 nitrogen and oxygen atoms in total. The Balaban J connectivity index is -0.0000000536. The molecular formula is C7H16BO8Y2. The van der Waals surface area contributed by atoms with Crippen molar-refractivity contribution in [2.24, 2.45) is 0 Å². The van der Waals surface area contributed by atoms with Gasteiger partial charge in [0.1, 0.15) is 13.6 Å². The van der Waals surface area contributed by atoms with Crippen LogP contribution in [0.25, 0.3) is 0 Å². The van der Waals surface area contributed by atoms with Crippen LogP contribution in [0.15, 0.2) is 0 Å². The Morgan fingerprint density at radius 3 is 1.56 bits per heavy atom. The van der Waals surface area contributed by atoms with Gasteiger partial charge in [0.05, 0.1) is 5.68 Å². The molecule has 101 valence electrons. The molecule has 0 aromatic rings. The fourth-order valence-corrected chi connectivity index (χ4v) is 0.271. The number of hydrogen-bond donors (Lipinski definition) is 4. The molecule has 0 atom stereocenters. The molecule has 0 heterocycles. The van der Waals surface area contributed by atoms with Crippen LogP contribution in [0.3, 0.4) is 0 Å². The van der Waals surface area contributed by atoms with Gasteiger partial charge in [-0.05, 0) is 6.92 Å². The van der Waals surface area contributed by atoms with E-state index < -0.39 is 25.1 Å². The molecule has 0 unspecified atom stereocenters. The maximum atomic E-state index is 10.2. The van der Waals surface area contributed by atoms with Crippen LogP contribution in [-0.4, -0.2) is 66.7 Å². The monoisotopic (exact) mass is 417 g/mol. The van der Waals surface area contributed by atoms with Crippen LogP contribution in [-0.2, 0) is 79.7 Å². The topological polar surface area (TPSA) is 134 Å². The number of aliphatic hydroxyl groups is 4. The zero-order valence-electron chi connectivity index (χ0n) is 10.3. The second kappa shape index (κ2) is 30.9. The molecule has 0 saturated carbocycles. The summed E-state index contributed by atoms with van der Waals surface area (Å²) in [6.45, 7) is -0.402. The number of carbonyl (C=O) groups excluding carboxylic acids is 2. The van der Waals surface area contributed by atoms with Crippen molar-refractivity contribution in [2.75, 3.05) is 27.5 Å². The molecule has 18 heavy (non-hydrogen) atoms. The number of methoxy groups -OCH3 is 1. The maximum absolute atomic E-state index is 10.2. The van der Waals surface area contributed by atoms with Gasteiger partial charge in [0.25, 0.3) is 5.87 Å². The minimum atomic E-state index is -0.815. The Labute approximate surface area is 156 Å². The van der Waals surface area contributed by atoms with Gasteiger partial charge in [-0.15, -0.1) is 0 Å². The van der Waals surface area contributed by atoms with Crippen LogP contribution in [0.1, 0.15) is 6.92 Å². The van der Waals surface area contributed by atoms with E-state index in [9.17, 15) is 9.59 Å². The number of ether oxygens (including phenoxy) is 2. The molecule has 0 bridgehead atoms. The van der Waals surface area contributed by atoms with Gasteiger partial charge in [0, 0.05) is 72.5 Å². The summed E-state index contributed by atoms with van der Waals surface area (Å²) >= 11 is 0. The molecule has 4 N–H and O–H groups in total. The van der Waals surface area contributed by atoms with Crippen LogP contribution in [0, 0.1) is 0 Å². The predicted octanol–water partition coefficient (Wildman–Crippen LogP) is -2.17. The molecule has 0 saturated heterocycles. The van der Waals surface area contributed by atoms with Gasteiger partial charge in [-0.1, -0.05) is 0 Å². The average molecular weight is 417 g/mol. The third-order valence-corrected chi connectivity index (χ3v) is 0.657. The van der Waals surface area contributed by atoms with Crippen LogP contribution >= 0.6 is 0 Å². The Bertz CT molecular complexity index is 170. The third kappa shape index (κ3) is 53.3. The second-order valence-corrected chi connectivity index (χ2v) is 1.91. The molecular weight excluding hydrogens is 401 g/mol. The van der Waals surface area contributed by atoms with Gasteiger partial charge in [-0.3, -0.25) is 4.79 Å². The van der Waals surface area contributed by atoms with E-state index >= 15 is 0 Å². The van der Waals surface area contributed by atoms with Gasteiger partial charge < -0.3 is 34.7 Å². The first-order chi connectivity index (χ1) is 7.49. The normalized spacial score (nSPS) is 6.78. The predicted molar refractivity (Wildman–Crippen MR) is 53.4 cm³/mol. The molecule has 0 amide bonds. The molecule has 0 aromatic heterocycles. The van der Waals surface area contributed by atoms with Crippen LogP contribution in [0.2, 0.25) is 0 Å². The van der Waals surface area contributed by atoms with Crippen molar-refractivity contribution >= 4 is 18.8 Å². The van der Waals surface area contributed by atoms with Crippen molar-refractivity contribution in [2.45, 2.75) is 6.92 Å². The summed E-state index contributed by atoms with van der Waals surface area (Å²) < 4.78 is 8.09. The Hall–Kier alpha value is 1.21. The number of carbonyl (C=O) groups is 2. The summed E-state index contributed by atoms with van der Waals surface area (Å²) in [6.07, 6.45) is 0. The minimum absolute atomic E-state index is 0. The summed E-state index contributed by atoms with van der Waals surface area (Å²) in [5, 5.41) is 29.9. The maximum Gasteiger partial charge on any atom is 0.347 e. The van der Waals surface area contributed by atoms with Crippen molar-refractivity contribution in [1.29, 1.82) is 0 Å². The van der Waals surface area contributed by atoms with Crippen LogP contribution in [0.4, 0.5) is 4.79 Å². The van der Waals surface area contributed by atoms with Gasteiger partial charge in [-0.2, -0.15) is 0 Å².